The van der Waals surface area contributed by atoms with Crippen LogP contribution in [0.2, 0.25) is 0 Å². The molecule has 0 aromatic heterocycles. The van der Waals surface area contributed by atoms with E-state index in [4.69, 9.17) is 0 Å². The number of phenols is 1. The SMILES string of the molecule is CCCCCCCCCC(CCCCCCCC)CCCSc1cccc(C)c1O. The minimum atomic E-state index is 0.481. The van der Waals surface area contributed by atoms with Crippen LogP contribution in [0.1, 0.15) is 129 Å². The predicted molar refractivity (Wildman–Crippen MR) is 137 cm³/mol. The van der Waals surface area contributed by atoms with Gasteiger partial charge in [0.2, 0.25) is 0 Å². The zero-order valence-corrected chi connectivity index (χ0v) is 21.2. The van der Waals surface area contributed by atoms with Gasteiger partial charge in [0.15, 0.2) is 0 Å². The summed E-state index contributed by atoms with van der Waals surface area (Å²) in [6.45, 7) is 6.58. The molecule has 0 aliphatic carbocycles. The van der Waals surface area contributed by atoms with E-state index in [1.165, 1.54) is 109 Å². The lowest BCUT2D eigenvalue weighted by Gasteiger charge is -2.17. The summed E-state index contributed by atoms with van der Waals surface area (Å²) in [7, 11) is 0. The molecule has 0 fully saturated rings. The Hall–Kier alpha value is -0.630. The molecule has 0 saturated carbocycles. The normalized spacial score (nSPS) is 12.4. The summed E-state index contributed by atoms with van der Waals surface area (Å²) in [4.78, 5) is 1.05. The van der Waals surface area contributed by atoms with E-state index < -0.39 is 0 Å². The first kappa shape index (κ1) is 27.4. The Labute approximate surface area is 192 Å². The van der Waals surface area contributed by atoms with E-state index in [9.17, 15) is 5.11 Å². The van der Waals surface area contributed by atoms with Crippen LogP contribution in [0.25, 0.3) is 0 Å². The second-order valence-corrected chi connectivity index (χ2v) is 10.4. The lowest BCUT2D eigenvalue weighted by Crippen LogP contribution is -2.02. The Morgan fingerprint density at radius 1 is 0.700 bits per heavy atom. The first-order valence-corrected chi connectivity index (χ1v) is 14.1. The third-order valence-corrected chi connectivity index (χ3v) is 7.53. The molecule has 0 aliphatic heterocycles. The minimum absolute atomic E-state index is 0.481. The fraction of sp³-hybridized carbons (Fsp3) is 0.786. The van der Waals surface area contributed by atoms with E-state index in [1.807, 2.05) is 24.8 Å². The number of aromatic hydroxyl groups is 1. The third-order valence-electron chi connectivity index (χ3n) is 6.40. The number of thioether (sulfide) groups is 1. The molecule has 1 atom stereocenters. The molecule has 2 heteroatoms. The van der Waals surface area contributed by atoms with Crippen molar-refractivity contribution in [3.8, 4) is 5.75 Å². The summed E-state index contributed by atoms with van der Waals surface area (Å²) in [6, 6.07) is 6.09. The molecular weight excluding hydrogens is 384 g/mol. The second-order valence-electron chi connectivity index (χ2n) is 9.24. The highest BCUT2D eigenvalue weighted by Gasteiger charge is 2.10. The number of rotatable bonds is 20. The van der Waals surface area contributed by atoms with Crippen molar-refractivity contribution in [1.82, 2.24) is 0 Å². The van der Waals surface area contributed by atoms with Gasteiger partial charge in [0.1, 0.15) is 5.75 Å². The molecule has 174 valence electrons. The van der Waals surface area contributed by atoms with Crippen LogP contribution in [0.3, 0.4) is 0 Å². The van der Waals surface area contributed by atoms with Gasteiger partial charge in [0, 0.05) is 4.90 Å². The van der Waals surface area contributed by atoms with Gasteiger partial charge in [-0.25, -0.2) is 0 Å². The van der Waals surface area contributed by atoms with Crippen LogP contribution >= 0.6 is 11.8 Å². The third kappa shape index (κ3) is 13.6. The Balaban J connectivity index is 2.27. The monoisotopic (exact) mass is 434 g/mol. The van der Waals surface area contributed by atoms with Gasteiger partial charge in [0.25, 0.3) is 0 Å². The van der Waals surface area contributed by atoms with Crippen molar-refractivity contribution in [3.63, 3.8) is 0 Å². The molecule has 0 amide bonds. The highest BCUT2D eigenvalue weighted by atomic mass is 32.2. The summed E-state index contributed by atoms with van der Waals surface area (Å²) in [6.07, 6.45) is 23.9. The fourth-order valence-electron chi connectivity index (χ4n) is 4.34. The van der Waals surface area contributed by atoms with Gasteiger partial charge in [-0.15, -0.1) is 11.8 Å². The van der Waals surface area contributed by atoms with Crippen LogP contribution in [0.15, 0.2) is 23.1 Å². The van der Waals surface area contributed by atoms with Crippen LogP contribution < -0.4 is 0 Å². The van der Waals surface area contributed by atoms with Crippen LogP contribution in [0, 0.1) is 12.8 Å². The van der Waals surface area contributed by atoms with Crippen LogP contribution in [0.5, 0.6) is 5.75 Å². The average Bonchev–Trinajstić information content (AvgIpc) is 2.75. The van der Waals surface area contributed by atoms with Gasteiger partial charge in [-0.05, 0) is 43.1 Å². The topological polar surface area (TPSA) is 20.2 Å². The first-order valence-electron chi connectivity index (χ1n) is 13.1. The number of para-hydroxylation sites is 1. The molecule has 0 aliphatic rings. The van der Waals surface area contributed by atoms with Gasteiger partial charge in [-0.2, -0.15) is 0 Å². The van der Waals surface area contributed by atoms with E-state index >= 15 is 0 Å². The number of phenolic OH excluding ortho intramolecular Hbond substituents is 1. The summed E-state index contributed by atoms with van der Waals surface area (Å²) < 4.78 is 0. The van der Waals surface area contributed by atoms with E-state index in [2.05, 4.69) is 26.0 Å². The molecule has 0 saturated heterocycles. The number of hydrogen-bond acceptors (Lipinski definition) is 2. The maximum Gasteiger partial charge on any atom is 0.132 e. The number of unbranched alkanes of at least 4 members (excludes halogenated alkanes) is 11. The van der Waals surface area contributed by atoms with Crippen molar-refractivity contribution in [1.29, 1.82) is 0 Å². The van der Waals surface area contributed by atoms with Crippen molar-refractivity contribution in [3.05, 3.63) is 23.8 Å². The zero-order chi connectivity index (χ0) is 21.9. The van der Waals surface area contributed by atoms with Gasteiger partial charge in [-0.3, -0.25) is 0 Å². The van der Waals surface area contributed by atoms with Crippen LogP contribution in [0.4, 0.5) is 0 Å². The summed E-state index contributed by atoms with van der Waals surface area (Å²) >= 11 is 1.83. The van der Waals surface area contributed by atoms with Crippen molar-refractivity contribution in [2.75, 3.05) is 5.75 Å². The lowest BCUT2D eigenvalue weighted by molar-refractivity contribution is 0.378. The molecule has 1 nitrogen and oxygen atoms in total. The Bertz CT molecular complexity index is 513. The molecule has 0 bridgehead atoms. The van der Waals surface area contributed by atoms with Crippen molar-refractivity contribution in [2.45, 2.75) is 135 Å². The largest absolute Gasteiger partial charge is 0.507 e. The highest BCUT2D eigenvalue weighted by Crippen LogP contribution is 2.32. The molecule has 30 heavy (non-hydrogen) atoms. The average molecular weight is 435 g/mol. The van der Waals surface area contributed by atoms with Gasteiger partial charge in [0.05, 0.1) is 0 Å². The van der Waals surface area contributed by atoms with Crippen LogP contribution in [-0.2, 0) is 0 Å². The molecule has 1 aromatic rings. The maximum absolute atomic E-state index is 10.2. The fourth-order valence-corrected chi connectivity index (χ4v) is 5.34. The summed E-state index contributed by atoms with van der Waals surface area (Å²) in [5, 5.41) is 10.2. The van der Waals surface area contributed by atoms with Gasteiger partial charge in [-0.1, -0.05) is 122 Å². The second kappa shape index (κ2) is 19.1. The summed E-state index contributed by atoms with van der Waals surface area (Å²) in [5.41, 5.74) is 0.986. The lowest BCUT2D eigenvalue weighted by atomic mass is 9.90. The van der Waals surface area contributed by atoms with E-state index in [1.54, 1.807) is 0 Å². The van der Waals surface area contributed by atoms with Crippen molar-refractivity contribution in [2.24, 2.45) is 5.92 Å². The summed E-state index contributed by atoms with van der Waals surface area (Å²) in [5.74, 6) is 2.52. The Kier molecular flexibility index (Phi) is 17.4. The predicted octanol–water partition coefficient (Wildman–Crippen LogP) is 10.1. The van der Waals surface area contributed by atoms with Crippen LogP contribution in [-0.4, -0.2) is 10.9 Å². The van der Waals surface area contributed by atoms with E-state index in [0.717, 1.165) is 22.1 Å². The molecule has 0 radical (unpaired) electrons. The zero-order valence-electron chi connectivity index (χ0n) is 20.4. The Morgan fingerprint density at radius 2 is 1.20 bits per heavy atom. The van der Waals surface area contributed by atoms with E-state index in [0.29, 0.717) is 5.75 Å². The van der Waals surface area contributed by atoms with Gasteiger partial charge >= 0.3 is 0 Å². The number of hydrogen-bond donors (Lipinski definition) is 1. The molecule has 1 rings (SSSR count). The number of benzene rings is 1. The first-order chi connectivity index (χ1) is 14.7. The highest BCUT2D eigenvalue weighted by molar-refractivity contribution is 7.99. The van der Waals surface area contributed by atoms with E-state index in [-0.39, 0.29) is 0 Å². The molecule has 1 aromatic carbocycles. The van der Waals surface area contributed by atoms with Crippen molar-refractivity contribution >= 4 is 11.8 Å². The smallest absolute Gasteiger partial charge is 0.132 e. The molecular formula is C28H50OS. The molecule has 0 spiro atoms. The molecule has 0 heterocycles. The minimum Gasteiger partial charge on any atom is -0.507 e. The van der Waals surface area contributed by atoms with Gasteiger partial charge < -0.3 is 5.11 Å². The number of aryl methyl sites for hydroxylation is 1. The van der Waals surface area contributed by atoms with Crippen molar-refractivity contribution < 1.29 is 5.11 Å². The maximum atomic E-state index is 10.2. The quantitative estimate of drug-likeness (QED) is 0.163. The molecule has 1 unspecified atom stereocenters. The Morgan fingerprint density at radius 3 is 1.77 bits per heavy atom. The molecule has 1 N–H and O–H groups in total. The standard InChI is InChI=1S/C28H50OS/c1-4-6-8-10-12-14-16-21-26(20-15-13-11-9-7-5-2)22-18-24-30-27-23-17-19-25(3)28(27)29/h17,19,23,26,29H,4-16,18,20-22,24H2,1-3H3.